The fourth-order valence-electron chi connectivity index (χ4n) is 5.65. The Morgan fingerprint density at radius 3 is 1.32 bits per heavy atom. The number of nitrogens with zero attached hydrogens (tertiary/aromatic N) is 1. The van der Waals surface area contributed by atoms with Crippen molar-refractivity contribution in [1.29, 1.82) is 0 Å². The van der Waals surface area contributed by atoms with Gasteiger partial charge in [-0.05, 0) is 98.1 Å². The van der Waals surface area contributed by atoms with E-state index in [0.717, 1.165) is 70.6 Å². The van der Waals surface area contributed by atoms with E-state index in [0.29, 0.717) is 6.61 Å². The molecule has 0 aliphatic carbocycles. The van der Waals surface area contributed by atoms with E-state index in [4.69, 9.17) is 14.2 Å². The molecule has 0 fully saturated rings. The Bertz CT molecular complexity index is 985. The fraction of sp³-hybridized carbons (Fsp3) is 0.761. The van der Waals surface area contributed by atoms with Crippen LogP contribution >= 0.6 is 0 Å². The molecule has 0 heterocycles. The van der Waals surface area contributed by atoms with E-state index in [9.17, 15) is 14.4 Å². The van der Waals surface area contributed by atoms with Gasteiger partial charge in [-0.3, -0.25) is 9.59 Å². The molecule has 0 aromatic heterocycles. The molecule has 0 aliphatic heterocycles. The molecule has 0 radical (unpaired) electrons. The molecule has 0 N–H and O–H groups in total. The number of hydrogen-bond acceptors (Lipinski definition) is 7. The zero-order valence-electron chi connectivity index (χ0n) is 35.0. The van der Waals surface area contributed by atoms with E-state index in [-0.39, 0.29) is 25.5 Å². The lowest BCUT2D eigenvalue weighted by atomic mass is 10.1. The Kier molecular flexibility index (Phi) is 37.1. The number of hydrogen-bond donors (Lipinski definition) is 0. The van der Waals surface area contributed by atoms with Gasteiger partial charge >= 0.3 is 17.9 Å². The van der Waals surface area contributed by atoms with Gasteiger partial charge in [0.15, 0.2) is 0 Å². The molecule has 306 valence electrons. The number of unbranched alkanes of at least 4 members (excludes halogenated alkanes) is 18. The maximum atomic E-state index is 12.9. The average molecular weight is 744 g/mol. The van der Waals surface area contributed by atoms with Crippen molar-refractivity contribution in [2.75, 3.05) is 27.3 Å². The van der Waals surface area contributed by atoms with Crippen LogP contribution in [0.4, 0.5) is 0 Å². The standard InChI is InChI=1S/C46H81NO6/c1-6-8-10-12-14-16-18-20-22-24-26-28-30-32-34-36-38-51-44(48)41-43(53-45(49)40-42(3)47(4)5)46(50)52-39-37-35-33-31-29-27-25-23-21-19-17-15-13-11-9-7-2/h14-17,20-23,42-43H,6-13,18-19,24-41H2,1-5H3/b16-14-,17-15-,22-20-,23-21-/t42?,43-/m0/s1. The summed E-state index contributed by atoms with van der Waals surface area (Å²) >= 11 is 0. The molecule has 1 unspecified atom stereocenters. The Hall–Kier alpha value is -2.67. The first kappa shape index (κ1) is 50.3. The molecule has 0 amide bonds. The first-order chi connectivity index (χ1) is 25.8. The smallest absolute Gasteiger partial charge is 0.348 e. The van der Waals surface area contributed by atoms with Gasteiger partial charge in [-0.25, -0.2) is 4.79 Å². The third kappa shape index (κ3) is 36.1. The second-order valence-electron chi connectivity index (χ2n) is 14.8. The van der Waals surface area contributed by atoms with Gasteiger partial charge in [0.1, 0.15) is 0 Å². The van der Waals surface area contributed by atoms with E-state index >= 15 is 0 Å². The average Bonchev–Trinajstić information content (AvgIpc) is 3.13. The molecular weight excluding hydrogens is 663 g/mol. The van der Waals surface area contributed by atoms with Crippen LogP contribution in [-0.4, -0.2) is 62.3 Å². The van der Waals surface area contributed by atoms with Gasteiger partial charge in [0.25, 0.3) is 0 Å². The highest BCUT2D eigenvalue weighted by Crippen LogP contribution is 2.13. The number of carbonyl (C=O) groups excluding carboxylic acids is 3. The highest BCUT2D eigenvalue weighted by Gasteiger charge is 2.29. The number of esters is 3. The molecule has 0 aliphatic rings. The molecule has 0 aromatic carbocycles. The molecule has 0 saturated heterocycles. The minimum atomic E-state index is -1.29. The normalized spacial score (nSPS) is 13.2. The lowest BCUT2D eigenvalue weighted by molar-refractivity contribution is -0.172. The molecule has 7 nitrogen and oxygen atoms in total. The topological polar surface area (TPSA) is 82.1 Å². The van der Waals surface area contributed by atoms with Crippen LogP contribution in [0.2, 0.25) is 0 Å². The van der Waals surface area contributed by atoms with Crippen LogP contribution in [0.1, 0.15) is 188 Å². The monoisotopic (exact) mass is 744 g/mol. The number of rotatable bonds is 37. The summed E-state index contributed by atoms with van der Waals surface area (Å²) in [6, 6.07) is -0.0619. The zero-order chi connectivity index (χ0) is 39.0. The summed E-state index contributed by atoms with van der Waals surface area (Å²) in [5.41, 5.74) is 0. The fourth-order valence-corrected chi connectivity index (χ4v) is 5.65. The maximum Gasteiger partial charge on any atom is 0.348 e. The van der Waals surface area contributed by atoms with Crippen LogP contribution in [0.5, 0.6) is 0 Å². The lowest BCUT2D eigenvalue weighted by Crippen LogP contribution is -2.35. The number of ether oxygens (including phenoxy) is 3. The van der Waals surface area contributed by atoms with Crippen molar-refractivity contribution in [2.45, 2.75) is 200 Å². The van der Waals surface area contributed by atoms with E-state index in [1.165, 1.54) is 83.5 Å². The van der Waals surface area contributed by atoms with Crippen molar-refractivity contribution in [3.05, 3.63) is 48.6 Å². The van der Waals surface area contributed by atoms with Crippen molar-refractivity contribution in [2.24, 2.45) is 0 Å². The van der Waals surface area contributed by atoms with Crippen LogP contribution in [0, 0.1) is 0 Å². The molecule has 0 spiro atoms. The molecule has 0 bridgehead atoms. The van der Waals surface area contributed by atoms with E-state index in [1.807, 2.05) is 25.9 Å². The van der Waals surface area contributed by atoms with Crippen molar-refractivity contribution in [3.63, 3.8) is 0 Å². The lowest BCUT2D eigenvalue weighted by Gasteiger charge is -2.21. The second-order valence-corrected chi connectivity index (χ2v) is 14.8. The van der Waals surface area contributed by atoms with Gasteiger partial charge in [0.2, 0.25) is 6.10 Å². The summed E-state index contributed by atoms with van der Waals surface area (Å²) in [5, 5.41) is 0. The van der Waals surface area contributed by atoms with E-state index in [1.54, 1.807) is 0 Å². The first-order valence-corrected chi connectivity index (χ1v) is 21.6. The van der Waals surface area contributed by atoms with Gasteiger partial charge in [-0.15, -0.1) is 0 Å². The molecule has 7 heteroatoms. The SMILES string of the molecule is CCCCC/C=C\C/C=C\CCCCCCCCOC(=O)C[C@H](OC(=O)CC(C)N(C)C)C(=O)OCCCCCCCC/C=C\C/C=C\CCCCC. The highest BCUT2D eigenvalue weighted by atomic mass is 16.6. The Labute approximate surface area is 326 Å². The van der Waals surface area contributed by atoms with Gasteiger partial charge in [-0.1, -0.05) is 140 Å². The van der Waals surface area contributed by atoms with Gasteiger partial charge < -0.3 is 19.1 Å². The summed E-state index contributed by atoms with van der Waals surface area (Å²) in [7, 11) is 3.75. The molecule has 0 rings (SSSR count). The van der Waals surface area contributed by atoms with E-state index in [2.05, 4.69) is 62.5 Å². The predicted molar refractivity (Wildman–Crippen MR) is 223 cm³/mol. The molecule has 2 atom stereocenters. The van der Waals surface area contributed by atoms with Gasteiger partial charge in [0, 0.05) is 6.04 Å². The minimum absolute atomic E-state index is 0.0619. The van der Waals surface area contributed by atoms with Crippen LogP contribution in [0.3, 0.4) is 0 Å². The van der Waals surface area contributed by atoms with Crippen LogP contribution in [-0.2, 0) is 28.6 Å². The van der Waals surface area contributed by atoms with Crippen LogP contribution < -0.4 is 0 Å². The van der Waals surface area contributed by atoms with Crippen molar-refractivity contribution < 1.29 is 28.6 Å². The van der Waals surface area contributed by atoms with Crippen molar-refractivity contribution in [3.8, 4) is 0 Å². The summed E-state index contributed by atoms with van der Waals surface area (Å²) in [4.78, 5) is 40.0. The van der Waals surface area contributed by atoms with Crippen LogP contribution in [0.25, 0.3) is 0 Å². The summed E-state index contributed by atoms with van der Waals surface area (Å²) < 4.78 is 16.3. The van der Waals surface area contributed by atoms with Crippen molar-refractivity contribution >= 4 is 17.9 Å². The zero-order valence-corrected chi connectivity index (χ0v) is 35.0. The molecule has 0 saturated carbocycles. The van der Waals surface area contributed by atoms with Gasteiger partial charge in [-0.2, -0.15) is 0 Å². The predicted octanol–water partition coefficient (Wildman–Crippen LogP) is 12.3. The highest BCUT2D eigenvalue weighted by molar-refractivity contribution is 5.84. The molecule has 53 heavy (non-hydrogen) atoms. The van der Waals surface area contributed by atoms with E-state index < -0.39 is 24.0 Å². The Morgan fingerprint density at radius 2 is 0.887 bits per heavy atom. The number of carbonyl (C=O) groups is 3. The van der Waals surface area contributed by atoms with Gasteiger partial charge in [0.05, 0.1) is 26.1 Å². The summed E-state index contributed by atoms with van der Waals surface area (Å²) in [5.74, 6) is -1.75. The minimum Gasteiger partial charge on any atom is -0.466 e. The third-order valence-corrected chi connectivity index (χ3v) is 9.43. The summed E-state index contributed by atoms with van der Waals surface area (Å²) in [6.45, 7) is 6.92. The first-order valence-electron chi connectivity index (χ1n) is 21.6. The molecule has 0 aromatic rings. The maximum absolute atomic E-state index is 12.9. The Balaban J connectivity index is 4.23. The Morgan fingerprint density at radius 1 is 0.491 bits per heavy atom. The largest absolute Gasteiger partial charge is 0.466 e. The van der Waals surface area contributed by atoms with Crippen molar-refractivity contribution in [1.82, 2.24) is 4.90 Å². The molecular formula is C46H81NO6. The number of allylic oxidation sites excluding steroid dienone is 8. The third-order valence-electron chi connectivity index (χ3n) is 9.43. The summed E-state index contributed by atoms with van der Waals surface area (Å²) in [6.07, 6.45) is 44.0. The second kappa shape index (κ2) is 39.0. The quantitative estimate of drug-likeness (QED) is 0.0271. The van der Waals surface area contributed by atoms with Crippen LogP contribution in [0.15, 0.2) is 48.6 Å².